The summed E-state index contributed by atoms with van der Waals surface area (Å²) < 4.78 is 12.9. The van der Waals surface area contributed by atoms with Crippen molar-refractivity contribution in [2.24, 2.45) is 0 Å². The fourth-order valence-electron chi connectivity index (χ4n) is 2.92. The zero-order chi connectivity index (χ0) is 21.5. The Kier molecular flexibility index (Phi) is 6.90. The topological polar surface area (TPSA) is 98.4 Å². The molecule has 0 fully saturated rings. The smallest absolute Gasteiger partial charge is 0.291 e. The van der Waals surface area contributed by atoms with Crippen molar-refractivity contribution in [2.75, 3.05) is 12.4 Å². The number of aromatic nitrogens is 2. The summed E-state index contributed by atoms with van der Waals surface area (Å²) in [4.78, 5) is 24.5. The first-order valence-corrected chi connectivity index (χ1v) is 9.95. The van der Waals surface area contributed by atoms with Crippen LogP contribution in [-0.4, -0.2) is 28.6 Å². The van der Waals surface area contributed by atoms with Gasteiger partial charge in [-0.15, -0.1) is 0 Å². The Morgan fingerprint density at radius 1 is 1.10 bits per heavy atom. The minimum absolute atomic E-state index is 0.124. The number of carbonyl (C=O) groups excluding carboxylic acids is 2. The summed E-state index contributed by atoms with van der Waals surface area (Å²) in [6, 6.07) is 11.2. The number of hydrogen-bond acceptors (Lipinski definition) is 5. The highest BCUT2D eigenvalue weighted by Gasteiger charge is 2.19. The van der Waals surface area contributed by atoms with E-state index < -0.39 is 5.91 Å². The molecule has 2 heterocycles. The second kappa shape index (κ2) is 9.78. The van der Waals surface area contributed by atoms with Crippen molar-refractivity contribution in [3.63, 3.8) is 0 Å². The lowest BCUT2D eigenvalue weighted by Gasteiger charge is -2.05. The minimum atomic E-state index is -0.467. The van der Waals surface area contributed by atoms with E-state index in [2.05, 4.69) is 22.7 Å². The molecule has 3 aromatic rings. The van der Waals surface area contributed by atoms with Crippen LogP contribution in [0.5, 0.6) is 5.75 Å². The maximum atomic E-state index is 12.5. The lowest BCUT2D eigenvalue weighted by atomic mass is 10.1. The predicted molar refractivity (Wildman–Crippen MR) is 113 cm³/mol. The molecule has 0 spiro atoms. The van der Waals surface area contributed by atoms with E-state index in [1.165, 1.54) is 12.6 Å². The molecule has 2 N–H and O–H groups in total. The Morgan fingerprint density at radius 3 is 2.53 bits per heavy atom. The van der Waals surface area contributed by atoms with Gasteiger partial charge in [-0.05, 0) is 43.2 Å². The van der Waals surface area contributed by atoms with Crippen LogP contribution in [0.3, 0.4) is 0 Å². The second-order valence-corrected chi connectivity index (χ2v) is 6.73. The zero-order valence-electron chi connectivity index (χ0n) is 17.4. The third-order valence-corrected chi connectivity index (χ3v) is 4.50. The van der Waals surface area contributed by atoms with E-state index in [4.69, 9.17) is 9.15 Å². The molecule has 2 aromatic heterocycles. The lowest BCUT2D eigenvalue weighted by molar-refractivity contribution is 0.0958. The number of nitrogens with zero attached hydrogens (tertiary/aromatic N) is 2. The fourth-order valence-corrected chi connectivity index (χ4v) is 2.92. The average Bonchev–Trinajstić information content (AvgIpc) is 3.40. The SMILES string of the molecule is CCCc1ccc(OCc2ccc(C(=O)Nc3cn(CC)nc3C(=O)NC)o2)cc1. The van der Waals surface area contributed by atoms with Gasteiger partial charge in [0.05, 0.1) is 5.69 Å². The molecular weight excluding hydrogens is 384 g/mol. The molecule has 8 nitrogen and oxygen atoms in total. The van der Waals surface area contributed by atoms with Gasteiger partial charge in [0.2, 0.25) is 0 Å². The highest BCUT2D eigenvalue weighted by Crippen LogP contribution is 2.19. The molecule has 8 heteroatoms. The van der Waals surface area contributed by atoms with E-state index in [0.29, 0.717) is 18.0 Å². The summed E-state index contributed by atoms with van der Waals surface area (Å²) in [5, 5.41) is 9.37. The van der Waals surface area contributed by atoms with E-state index >= 15 is 0 Å². The van der Waals surface area contributed by atoms with Crippen LogP contribution in [0.25, 0.3) is 0 Å². The van der Waals surface area contributed by atoms with Crippen LogP contribution in [0.1, 0.15) is 52.6 Å². The molecule has 2 amide bonds. The summed E-state index contributed by atoms with van der Waals surface area (Å²) in [5.74, 6) is 0.536. The molecule has 0 bridgehead atoms. The van der Waals surface area contributed by atoms with Crippen molar-refractivity contribution in [1.29, 1.82) is 0 Å². The van der Waals surface area contributed by atoms with Crippen molar-refractivity contribution in [3.05, 3.63) is 65.4 Å². The molecule has 3 rings (SSSR count). The van der Waals surface area contributed by atoms with Crippen molar-refractivity contribution >= 4 is 17.5 Å². The van der Waals surface area contributed by atoms with Gasteiger partial charge < -0.3 is 19.8 Å². The van der Waals surface area contributed by atoms with Crippen molar-refractivity contribution in [2.45, 2.75) is 39.8 Å². The van der Waals surface area contributed by atoms with Crippen LogP contribution in [0, 0.1) is 0 Å². The quantitative estimate of drug-likeness (QED) is 0.561. The summed E-state index contributed by atoms with van der Waals surface area (Å²) in [6.07, 6.45) is 3.74. The first-order chi connectivity index (χ1) is 14.5. The number of nitrogens with one attached hydrogen (secondary N) is 2. The summed E-state index contributed by atoms with van der Waals surface area (Å²) in [7, 11) is 1.51. The summed E-state index contributed by atoms with van der Waals surface area (Å²) in [6.45, 7) is 4.81. The van der Waals surface area contributed by atoms with E-state index in [1.54, 1.807) is 23.0 Å². The van der Waals surface area contributed by atoms with E-state index in [-0.39, 0.29) is 24.0 Å². The van der Waals surface area contributed by atoms with Crippen LogP contribution >= 0.6 is 0 Å². The molecular formula is C22H26N4O4. The number of rotatable bonds is 9. The van der Waals surface area contributed by atoms with Gasteiger partial charge in [0.15, 0.2) is 11.5 Å². The number of ether oxygens (including phenoxy) is 1. The van der Waals surface area contributed by atoms with E-state index in [0.717, 1.165) is 18.6 Å². The van der Waals surface area contributed by atoms with Crippen molar-refractivity contribution < 1.29 is 18.7 Å². The molecule has 0 atom stereocenters. The number of benzene rings is 1. The molecule has 0 aliphatic carbocycles. The Morgan fingerprint density at radius 2 is 1.87 bits per heavy atom. The molecule has 1 aromatic carbocycles. The maximum Gasteiger partial charge on any atom is 0.291 e. The number of aryl methyl sites for hydroxylation is 2. The minimum Gasteiger partial charge on any atom is -0.486 e. The van der Waals surface area contributed by atoms with Crippen molar-refractivity contribution in [3.8, 4) is 5.75 Å². The van der Waals surface area contributed by atoms with Crippen LogP contribution in [0.15, 0.2) is 47.0 Å². The first-order valence-electron chi connectivity index (χ1n) is 9.95. The predicted octanol–water partition coefficient (Wildman–Crippen LogP) is 3.64. The van der Waals surface area contributed by atoms with Gasteiger partial charge in [-0.1, -0.05) is 25.5 Å². The monoisotopic (exact) mass is 410 g/mol. The third kappa shape index (κ3) is 5.08. The van der Waals surface area contributed by atoms with E-state index in [9.17, 15) is 9.59 Å². The largest absolute Gasteiger partial charge is 0.486 e. The van der Waals surface area contributed by atoms with Crippen LogP contribution < -0.4 is 15.4 Å². The third-order valence-electron chi connectivity index (χ3n) is 4.50. The number of amides is 2. The Bertz CT molecular complexity index is 1000. The number of carbonyl (C=O) groups is 2. The van der Waals surface area contributed by atoms with Crippen LogP contribution in [0.2, 0.25) is 0 Å². The molecule has 0 aliphatic rings. The molecule has 158 valence electrons. The van der Waals surface area contributed by atoms with Gasteiger partial charge in [-0.25, -0.2) is 0 Å². The molecule has 30 heavy (non-hydrogen) atoms. The molecule has 0 saturated carbocycles. The lowest BCUT2D eigenvalue weighted by Crippen LogP contribution is -2.21. The number of hydrogen-bond donors (Lipinski definition) is 2. The van der Waals surface area contributed by atoms with Gasteiger partial charge in [-0.2, -0.15) is 5.10 Å². The van der Waals surface area contributed by atoms with Crippen molar-refractivity contribution in [1.82, 2.24) is 15.1 Å². The van der Waals surface area contributed by atoms with Gasteiger partial charge in [0.25, 0.3) is 11.8 Å². The molecule has 0 radical (unpaired) electrons. The van der Waals surface area contributed by atoms with Crippen LogP contribution in [-0.2, 0) is 19.6 Å². The van der Waals surface area contributed by atoms with Gasteiger partial charge in [0.1, 0.15) is 18.1 Å². The Hall–Kier alpha value is -3.55. The molecule has 0 saturated heterocycles. The number of furan rings is 1. The highest BCUT2D eigenvalue weighted by molar-refractivity contribution is 6.06. The summed E-state index contributed by atoms with van der Waals surface area (Å²) in [5.41, 5.74) is 1.74. The van der Waals surface area contributed by atoms with E-state index in [1.807, 2.05) is 31.2 Å². The highest BCUT2D eigenvalue weighted by atomic mass is 16.5. The molecule has 0 unspecified atom stereocenters. The summed E-state index contributed by atoms with van der Waals surface area (Å²) >= 11 is 0. The fraction of sp³-hybridized carbons (Fsp3) is 0.318. The van der Waals surface area contributed by atoms with Crippen LogP contribution in [0.4, 0.5) is 5.69 Å². The maximum absolute atomic E-state index is 12.5. The molecule has 0 aliphatic heterocycles. The normalized spacial score (nSPS) is 10.6. The Balaban J connectivity index is 1.62. The zero-order valence-corrected chi connectivity index (χ0v) is 17.4. The second-order valence-electron chi connectivity index (χ2n) is 6.73. The first kappa shape index (κ1) is 21.2. The van der Waals surface area contributed by atoms with Gasteiger partial charge >= 0.3 is 0 Å². The van der Waals surface area contributed by atoms with Gasteiger partial charge in [-0.3, -0.25) is 14.3 Å². The Labute approximate surface area is 175 Å². The average molecular weight is 410 g/mol. The standard InChI is InChI=1S/C22H26N4O4/c1-4-6-15-7-9-16(10-8-15)29-14-17-11-12-19(30-17)21(27)24-18-13-26(5-2)25-20(18)22(28)23-3/h7-13H,4-6,14H2,1-3H3,(H,23,28)(H,24,27). The van der Waals surface area contributed by atoms with Gasteiger partial charge in [0, 0.05) is 19.8 Å². The number of anilines is 1.